The minimum atomic E-state index is -3.59. The summed E-state index contributed by atoms with van der Waals surface area (Å²) in [5.41, 5.74) is 2.72. The Balaban J connectivity index is 1.64. The lowest BCUT2D eigenvalue weighted by Gasteiger charge is -2.30. The number of rotatable bonds is 10. The predicted octanol–water partition coefficient (Wildman–Crippen LogP) is 3.25. The molecule has 0 radical (unpaired) electrons. The van der Waals surface area contributed by atoms with Crippen LogP contribution in [0.15, 0.2) is 53.4 Å². The molecule has 8 heteroatoms. The van der Waals surface area contributed by atoms with Gasteiger partial charge in [-0.05, 0) is 62.7 Å². The summed E-state index contributed by atoms with van der Waals surface area (Å²) in [4.78, 5) is 17.2. The fraction of sp³-hybridized carbons (Fsp3) is 0.500. The molecule has 2 unspecified atom stereocenters. The molecule has 0 amide bonds. The quantitative estimate of drug-likeness (QED) is 0.520. The zero-order chi connectivity index (χ0) is 24.9. The van der Waals surface area contributed by atoms with Gasteiger partial charge in [-0.2, -0.15) is 4.31 Å². The maximum atomic E-state index is 13.1. The molecule has 34 heavy (non-hydrogen) atoms. The molecule has 1 saturated heterocycles. The number of carbonyl (C=O) groups is 1. The van der Waals surface area contributed by atoms with Crippen LogP contribution < -0.4 is 10.2 Å². The van der Waals surface area contributed by atoms with Gasteiger partial charge in [0.05, 0.1) is 11.4 Å². The highest BCUT2D eigenvalue weighted by atomic mass is 32.2. The first-order chi connectivity index (χ1) is 16.1. The summed E-state index contributed by atoms with van der Waals surface area (Å²) in [7, 11) is 4.47. The third kappa shape index (κ3) is 6.44. The molecule has 0 bridgehead atoms. The molecule has 1 aliphatic heterocycles. The Morgan fingerprint density at radius 3 is 2.44 bits per heavy atom. The third-order valence-electron chi connectivity index (χ3n) is 6.45. The summed E-state index contributed by atoms with van der Waals surface area (Å²) < 4.78 is 27.7. The van der Waals surface area contributed by atoms with Crippen LogP contribution in [-0.4, -0.2) is 77.8 Å². The van der Waals surface area contributed by atoms with E-state index in [1.165, 1.54) is 11.6 Å². The maximum absolute atomic E-state index is 13.1. The van der Waals surface area contributed by atoms with E-state index in [4.69, 9.17) is 0 Å². The van der Waals surface area contributed by atoms with Crippen LogP contribution in [0.5, 0.6) is 0 Å². The molecule has 0 saturated carbocycles. The number of ketones is 1. The summed E-state index contributed by atoms with van der Waals surface area (Å²) in [6, 6.07) is 14.9. The van der Waals surface area contributed by atoms with Crippen LogP contribution in [0.25, 0.3) is 0 Å². The highest BCUT2D eigenvalue weighted by molar-refractivity contribution is 7.89. The molecule has 1 aliphatic rings. The van der Waals surface area contributed by atoms with Crippen molar-refractivity contribution in [3.63, 3.8) is 0 Å². The van der Waals surface area contributed by atoms with Crippen LogP contribution in [0.4, 0.5) is 5.69 Å². The van der Waals surface area contributed by atoms with Crippen LogP contribution in [0.2, 0.25) is 0 Å². The van der Waals surface area contributed by atoms with E-state index in [0.717, 1.165) is 18.5 Å². The Morgan fingerprint density at radius 2 is 1.82 bits per heavy atom. The van der Waals surface area contributed by atoms with E-state index in [0.29, 0.717) is 31.1 Å². The molecule has 1 N–H and O–H groups in total. The van der Waals surface area contributed by atoms with E-state index in [1.54, 1.807) is 22.5 Å². The highest BCUT2D eigenvalue weighted by Gasteiger charge is 2.29. The smallest absolute Gasteiger partial charge is 0.243 e. The number of nitrogens with one attached hydrogen (secondary N) is 1. The Kier molecular flexibility index (Phi) is 8.87. The average Bonchev–Trinajstić information content (AvgIpc) is 2.81. The monoisotopic (exact) mass is 486 g/mol. The molecule has 1 heterocycles. The molecule has 3 rings (SSSR count). The molecule has 0 aliphatic carbocycles. The second-order valence-corrected chi connectivity index (χ2v) is 11.6. The maximum Gasteiger partial charge on any atom is 0.243 e. The van der Waals surface area contributed by atoms with Crippen LogP contribution in [0, 0.1) is 5.92 Å². The van der Waals surface area contributed by atoms with Crippen molar-refractivity contribution in [1.29, 1.82) is 0 Å². The molecule has 2 atom stereocenters. The van der Waals surface area contributed by atoms with Crippen molar-refractivity contribution in [2.45, 2.75) is 30.7 Å². The van der Waals surface area contributed by atoms with Crippen molar-refractivity contribution in [2.75, 3.05) is 59.3 Å². The lowest BCUT2D eigenvalue weighted by atomic mass is 10.0. The zero-order valence-corrected chi connectivity index (χ0v) is 21.8. The second kappa shape index (κ2) is 11.4. The van der Waals surface area contributed by atoms with Crippen LogP contribution in [0.1, 0.15) is 41.7 Å². The molecular formula is C26H38N4O3S. The molecule has 186 valence electrons. The number of likely N-dealkylation sites (N-methyl/N-ethyl adjacent to an activating group) is 1. The first-order valence-electron chi connectivity index (χ1n) is 11.9. The van der Waals surface area contributed by atoms with E-state index in [-0.39, 0.29) is 23.3 Å². The molecular weight excluding hydrogens is 448 g/mol. The molecule has 1 fully saturated rings. The Bertz CT molecular complexity index is 1070. The number of sulfonamides is 1. The van der Waals surface area contributed by atoms with Gasteiger partial charge in [-0.25, -0.2) is 8.42 Å². The van der Waals surface area contributed by atoms with Gasteiger partial charge < -0.3 is 15.1 Å². The zero-order valence-electron chi connectivity index (χ0n) is 21.0. The van der Waals surface area contributed by atoms with Crippen molar-refractivity contribution >= 4 is 21.5 Å². The van der Waals surface area contributed by atoms with Crippen LogP contribution in [-0.2, 0) is 10.0 Å². The van der Waals surface area contributed by atoms with Crippen molar-refractivity contribution in [1.82, 2.24) is 14.5 Å². The highest BCUT2D eigenvalue weighted by Crippen LogP contribution is 2.24. The summed E-state index contributed by atoms with van der Waals surface area (Å²) in [6.07, 6.45) is 1.91. The number of Topliss-reactive ketones (excluding diaryl/α,β-unsaturated/α-hetero) is 1. The first kappa shape index (κ1) is 26.3. The van der Waals surface area contributed by atoms with Crippen LogP contribution >= 0.6 is 0 Å². The van der Waals surface area contributed by atoms with E-state index in [2.05, 4.69) is 46.3 Å². The molecule has 0 spiro atoms. The Labute approximate surface area is 204 Å². The minimum absolute atomic E-state index is 0.108. The lowest BCUT2D eigenvalue weighted by Crippen LogP contribution is -2.39. The van der Waals surface area contributed by atoms with Gasteiger partial charge in [-0.3, -0.25) is 4.79 Å². The SMILES string of the molecule is CC1CCCN(S(=O)(=O)c2cccc(C(=O)CNCC(c3ccc(N(C)C)cc3)N(C)C)c2)C1. The summed E-state index contributed by atoms with van der Waals surface area (Å²) >= 11 is 0. The predicted molar refractivity (Wildman–Crippen MR) is 138 cm³/mol. The summed E-state index contributed by atoms with van der Waals surface area (Å²) in [6.45, 7) is 3.89. The number of hydrogen-bond donors (Lipinski definition) is 1. The Hall–Kier alpha value is -2.26. The van der Waals surface area contributed by atoms with Crippen LogP contribution in [0.3, 0.4) is 0 Å². The molecule has 2 aromatic rings. The van der Waals surface area contributed by atoms with Crippen molar-refractivity contribution in [3.05, 3.63) is 59.7 Å². The number of nitrogens with zero attached hydrogens (tertiary/aromatic N) is 3. The van der Waals surface area contributed by atoms with Crippen molar-refractivity contribution < 1.29 is 13.2 Å². The molecule has 2 aromatic carbocycles. The number of hydrogen-bond acceptors (Lipinski definition) is 6. The largest absolute Gasteiger partial charge is 0.378 e. The summed E-state index contributed by atoms with van der Waals surface area (Å²) in [5.74, 6) is 0.228. The lowest BCUT2D eigenvalue weighted by molar-refractivity contribution is 0.0988. The standard InChI is InChI=1S/C26H38N4O3S/c1-20-8-7-15-30(19-20)34(32,33)24-10-6-9-22(16-24)26(31)18-27-17-25(29(4)5)21-11-13-23(14-12-21)28(2)3/h6,9-14,16,20,25,27H,7-8,15,17-19H2,1-5H3. The second-order valence-electron chi connectivity index (χ2n) is 9.66. The van der Waals surface area contributed by atoms with E-state index in [1.807, 2.05) is 28.2 Å². The van der Waals surface area contributed by atoms with Crippen molar-refractivity contribution in [3.8, 4) is 0 Å². The fourth-order valence-corrected chi connectivity index (χ4v) is 6.01. The van der Waals surface area contributed by atoms with Gasteiger partial charge in [0.2, 0.25) is 10.0 Å². The number of piperidine rings is 1. The third-order valence-corrected chi connectivity index (χ3v) is 8.32. The fourth-order valence-electron chi connectivity index (χ4n) is 4.36. The number of carbonyl (C=O) groups excluding carboxylic acids is 1. The number of anilines is 1. The van der Waals surface area contributed by atoms with Crippen molar-refractivity contribution in [2.24, 2.45) is 5.92 Å². The van der Waals surface area contributed by atoms with E-state index >= 15 is 0 Å². The topological polar surface area (TPSA) is 73.0 Å². The van der Waals surface area contributed by atoms with Gasteiger partial charge >= 0.3 is 0 Å². The van der Waals surface area contributed by atoms with Gasteiger partial charge in [-0.15, -0.1) is 0 Å². The molecule has 7 nitrogen and oxygen atoms in total. The number of benzene rings is 2. The summed E-state index contributed by atoms with van der Waals surface area (Å²) in [5, 5.41) is 3.27. The van der Waals surface area contributed by atoms with Gasteiger partial charge in [-0.1, -0.05) is 31.2 Å². The molecule has 0 aromatic heterocycles. The Morgan fingerprint density at radius 1 is 1.12 bits per heavy atom. The van der Waals surface area contributed by atoms with E-state index in [9.17, 15) is 13.2 Å². The van der Waals surface area contributed by atoms with Gasteiger partial charge in [0.1, 0.15) is 0 Å². The van der Waals surface area contributed by atoms with Gasteiger partial charge in [0, 0.05) is 51.0 Å². The van der Waals surface area contributed by atoms with E-state index < -0.39 is 10.0 Å². The minimum Gasteiger partial charge on any atom is -0.378 e. The normalized spacial score (nSPS) is 18.1. The van der Waals surface area contributed by atoms with Gasteiger partial charge in [0.15, 0.2) is 5.78 Å². The average molecular weight is 487 g/mol. The first-order valence-corrected chi connectivity index (χ1v) is 13.3. The van der Waals surface area contributed by atoms with Gasteiger partial charge in [0.25, 0.3) is 0 Å².